The standard InChI is InChI=1S/C30H45O2P/c1-18-19-16-14-15-17-20(19)31-33-32-26-21(18)22(27(2,3)4)23(28(5,6)7)24(29(8,9)10)25(26)30(11,12)13/h14-18,33H,1-13H3. The SMILES string of the molecule is CC1c2ccccc2OPOc2c1c(C(C)(C)C)c(C(C)(C)C)c(C(C)(C)C)c2C(C)(C)C. The Morgan fingerprint density at radius 1 is 0.606 bits per heavy atom. The van der Waals surface area contributed by atoms with Crippen LogP contribution in [-0.2, 0) is 21.7 Å². The summed E-state index contributed by atoms with van der Waals surface area (Å²) in [4.78, 5) is 0. The van der Waals surface area contributed by atoms with Crippen molar-refractivity contribution in [3.05, 3.63) is 57.6 Å². The highest BCUT2D eigenvalue weighted by molar-refractivity contribution is 7.27. The lowest BCUT2D eigenvalue weighted by Crippen LogP contribution is -2.34. The molecule has 0 saturated heterocycles. The summed E-state index contributed by atoms with van der Waals surface area (Å²) in [5, 5.41) is 0. The van der Waals surface area contributed by atoms with Gasteiger partial charge in [-0.05, 0) is 44.4 Å². The highest BCUT2D eigenvalue weighted by Gasteiger charge is 2.43. The lowest BCUT2D eigenvalue weighted by Gasteiger charge is -2.44. The van der Waals surface area contributed by atoms with Crippen molar-refractivity contribution in [1.82, 2.24) is 0 Å². The Labute approximate surface area is 204 Å². The van der Waals surface area contributed by atoms with Crippen LogP contribution in [0.25, 0.3) is 0 Å². The molecule has 0 saturated carbocycles. The normalized spacial score (nSPS) is 18.0. The van der Waals surface area contributed by atoms with Gasteiger partial charge in [-0.3, -0.25) is 0 Å². The smallest absolute Gasteiger partial charge is 0.275 e. The molecule has 1 aliphatic rings. The maximum atomic E-state index is 6.66. The van der Waals surface area contributed by atoms with E-state index in [0.717, 1.165) is 11.5 Å². The number of fused-ring (bicyclic) bond motifs is 2. The van der Waals surface area contributed by atoms with Gasteiger partial charge in [0.1, 0.15) is 11.5 Å². The summed E-state index contributed by atoms with van der Waals surface area (Å²) in [6, 6.07) is 8.46. The summed E-state index contributed by atoms with van der Waals surface area (Å²) < 4.78 is 12.8. The summed E-state index contributed by atoms with van der Waals surface area (Å²) in [7, 11) is -0.0675. The van der Waals surface area contributed by atoms with E-state index in [1.54, 1.807) is 0 Å². The van der Waals surface area contributed by atoms with Crippen molar-refractivity contribution < 1.29 is 9.05 Å². The fourth-order valence-electron chi connectivity index (χ4n) is 5.45. The molecule has 0 amide bonds. The lowest BCUT2D eigenvalue weighted by atomic mass is 9.61. The molecule has 2 nitrogen and oxygen atoms in total. The number of benzene rings is 2. The van der Waals surface area contributed by atoms with Crippen molar-refractivity contribution in [1.29, 1.82) is 0 Å². The molecule has 0 N–H and O–H groups in total. The van der Waals surface area contributed by atoms with Crippen molar-refractivity contribution in [3.63, 3.8) is 0 Å². The van der Waals surface area contributed by atoms with Crippen LogP contribution in [0, 0.1) is 0 Å². The monoisotopic (exact) mass is 468 g/mol. The van der Waals surface area contributed by atoms with Crippen molar-refractivity contribution in [2.75, 3.05) is 0 Å². The zero-order valence-corrected chi connectivity index (χ0v) is 24.2. The van der Waals surface area contributed by atoms with E-state index in [2.05, 4.69) is 108 Å². The zero-order valence-electron chi connectivity index (χ0n) is 23.2. The second-order valence-electron chi connectivity index (χ2n) is 13.8. The molecule has 0 fully saturated rings. The molecule has 0 spiro atoms. The molecule has 2 aromatic carbocycles. The molecule has 2 aromatic rings. The molecule has 2 atom stereocenters. The van der Waals surface area contributed by atoms with E-state index >= 15 is 0 Å². The molecule has 33 heavy (non-hydrogen) atoms. The van der Waals surface area contributed by atoms with E-state index in [1.165, 1.54) is 33.4 Å². The number of hydrogen-bond donors (Lipinski definition) is 0. The first kappa shape index (κ1) is 26.1. The predicted molar refractivity (Wildman–Crippen MR) is 145 cm³/mol. The van der Waals surface area contributed by atoms with Crippen LogP contribution in [0.4, 0.5) is 0 Å². The van der Waals surface area contributed by atoms with Gasteiger partial charge in [0.15, 0.2) is 0 Å². The third kappa shape index (κ3) is 4.84. The summed E-state index contributed by atoms with van der Waals surface area (Å²) in [6.07, 6.45) is 0. The summed E-state index contributed by atoms with van der Waals surface area (Å²) in [5.41, 5.74) is 8.13. The molecule has 0 bridgehead atoms. The van der Waals surface area contributed by atoms with E-state index in [4.69, 9.17) is 9.05 Å². The second kappa shape index (κ2) is 8.30. The van der Waals surface area contributed by atoms with Gasteiger partial charge in [-0.15, -0.1) is 0 Å². The van der Waals surface area contributed by atoms with E-state index in [1.807, 2.05) is 6.07 Å². The molecule has 3 rings (SSSR count). The third-order valence-corrected chi connectivity index (χ3v) is 7.20. The molecule has 182 valence electrons. The van der Waals surface area contributed by atoms with Crippen LogP contribution in [-0.4, -0.2) is 0 Å². The topological polar surface area (TPSA) is 18.5 Å². The quantitative estimate of drug-likeness (QED) is 0.359. The maximum absolute atomic E-state index is 6.66. The molecule has 1 heterocycles. The van der Waals surface area contributed by atoms with E-state index in [0.29, 0.717) is 0 Å². The van der Waals surface area contributed by atoms with Crippen LogP contribution in [0.15, 0.2) is 24.3 Å². The Morgan fingerprint density at radius 3 is 1.55 bits per heavy atom. The van der Waals surface area contributed by atoms with Gasteiger partial charge in [0.25, 0.3) is 9.03 Å². The highest BCUT2D eigenvalue weighted by atomic mass is 31.1. The van der Waals surface area contributed by atoms with Crippen molar-refractivity contribution in [2.24, 2.45) is 0 Å². The predicted octanol–water partition coefficient (Wildman–Crippen LogP) is 9.31. The highest BCUT2D eigenvalue weighted by Crippen LogP contribution is 2.56. The van der Waals surface area contributed by atoms with Gasteiger partial charge in [-0.2, -0.15) is 0 Å². The number of hydrogen-bond acceptors (Lipinski definition) is 2. The van der Waals surface area contributed by atoms with Gasteiger partial charge in [0.2, 0.25) is 0 Å². The summed E-state index contributed by atoms with van der Waals surface area (Å²) in [5.74, 6) is 2.14. The average Bonchev–Trinajstić information content (AvgIpc) is 2.62. The molecule has 1 aliphatic heterocycles. The summed E-state index contributed by atoms with van der Waals surface area (Å²) in [6.45, 7) is 30.6. The van der Waals surface area contributed by atoms with Gasteiger partial charge in [-0.25, -0.2) is 0 Å². The van der Waals surface area contributed by atoms with Crippen molar-refractivity contribution >= 4 is 9.03 Å². The van der Waals surface area contributed by atoms with Crippen LogP contribution in [0.1, 0.15) is 129 Å². The van der Waals surface area contributed by atoms with E-state index in [-0.39, 0.29) is 36.6 Å². The Hall–Kier alpha value is -1.53. The second-order valence-corrected chi connectivity index (χ2v) is 14.4. The fourth-order valence-corrected chi connectivity index (χ4v) is 6.07. The zero-order chi connectivity index (χ0) is 25.1. The molecular weight excluding hydrogens is 423 g/mol. The van der Waals surface area contributed by atoms with Gasteiger partial charge < -0.3 is 9.05 Å². The third-order valence-electron chi connectivity index (χ3n) is 6.60. The average molecular weight is 469 g/mol. The largest absolute Gasteiger partial charge is 0.440 e. The fraction of sp³-hybridized carbons (Fsp3) is 0.600. The van der Waals surface area contributed by atoms with Crippen molar-refractivity contribution in [2.45, 2.75) is 118 Å². The number of para-hydroxylation sites is 1. The first-order valence-electron chi connectivity index (χ1n) is 12.3. The van der Waals surface area contributed by atoms with E-state index < -0.39 is 0 Å². The number of rotatable bonds is 0. The molecule has 0 radical (unpaired) electrons. The van der Waals surface area contributed by atoms with Crippen LogP contribution in [0.3, 0.4) is 0 Å². The molecule has 0 aromatic heterocycles. The van der Waals surface area contributed by atoms with Gasteiger partial charge in [-0.1, -0.05) is 108 Å². The Bertz CT molecular complexity index is 1040. The first-order chi connectivity index (χ1) is 14.9. The Balaban J connectivity index is 2.68. The summed E-state index contributed by atoms with van der Waals surface area (Å²) >= 11 is 0. The first-order valence-corrected chi connectivity index (χ1v) is 13.1. The van der Waals surface area contributed by atoms with Gasteiger partial charge in [0.05, 0.1) is 0 Å². The minimum Gasteiger partial charge on any atom is -0.440 e. The Kier molecular flexibility index (Phi) is 6.56. The van der Waals surface area contributed by atoms with Crippen LogP contribution in [0.5, 0.6) is 11.5 Å². The van der Waals surface area contributed by atoms with Gasteiger partial charge in [0, 0.05) is 22.6 Å². The van der Waals surface area contributed by atoms with Crippen LogP contribution >= 0.6 is 9.03 Å². The molecule has 0 aliphatic carbocycles. The van der Waals surface area contributed by atoms with Crippen molar-refractivity contribution in [3.8, 4) is 11.5 Å². The van der Waals surface area contributed by atoms with Crippen LogP contribution < -0.4 is 9.05 Å². The molecular formula is C30H45O2P. The lowest BCUT2D eigenvalue weighted by molar-refractivity contribution is 0.436. The minimum atomic E-state index is -0.0774. The molecule has 2 unspecified atom stereocenters. The molecule has 3 heteroatoms. The van der Waals surface area contributed by atoms with Crippen LogP contribution in [0.2, 0.25) is 0 Å². The Morgan fingerprint density at radius 2 is 1.06 bits per heavy atom. The van der Waals surface area contributed by atoms with E-state index in [9.17, 15) is 0 Å². The maximum Gasteiger partial charge on any atom is 0.275 e. The minimum absolute atomic E-state index is 0.0132. The van der Waals surface area contributed by atoms with Gasteiger partial charge >= 0.3 is 0 Å².